The lowest BCUT2D eigenvalue weighted by molar-refractivity contribution is -0.0527. The van der Waals surface area contributed by atoms with E-state index in [4.69, 9.17) is 21.1 Å². The molecule has 0 unspecified atom stereocenters. The quantitative estimate of drug-likeness (QED) is 0.425. The first-order valence-corrected chi connectivity index (χ1v) is 5.55. The molecule has 2 atom stereocenters. The van der Waals surface area contributed by atoms with E-state index >= 15 is 0 Å². The molecule has 2 aliphatic rings. The Morgan fingerprint density at radius 3 is 3.06 bits per heavy atom. The van der Waals surface area contributed by atoms with Crippen LogP contribution in [0.4, 0.5) is 4.79 Å². The molecule has 2 amide bonds. The number of rotatable bonds is 3. The fraction of sp³-hybridized carbons (Fsp3) is 0.667. The van der Waals surface area contributed by atoms with E-state index in [1.807, 2.05) is 0 Å². The van der Waals surface area contributed by atoms with Crippen molar-refractivity contribution < 1.29 is 14.6 Å². The molecule has 18 heavy (non-hydrogen) atoms. The minimum atomic E-state index is -0.517. The van der Waals surface area contributed by atoms with Crippen molar-refractivity contribution in [2.45, 2.75) is 25.2 Å². The second-order valence-electron chi connectivity index (χ2n) is 4.03. The Hall–Kier alpha value is -1.96. The number of aliphatic hydroxyl groups is 1. The second-order valence-corrected chi connectivity index (χ2v) is 4.03. The molecule has 0 aromatic rings. The summed E-state index contributed by atoms with van der Waals surface area (Å²) >= 11 is 0. The van der Waals surface area contributed by atoms with Crippen molar-refractivity contribution in [3.8, 4) is 0 Å². The van der Waals surface area contributed by atoms with Crippen LogP contribution in [0.5, 0.6) is 0 Å². The van der Waals surface area contributed by atoms with Crippen LogP contribution in [-0.2, 0) is 4.74 Å². The minimum absolute atomic E-state index is 0.0728. The van der Waals surface area contributed by atoms with Crippen molar-refractivity contribution >= 4 is 6.03 Å². The van der Waals surface area contributed by atoms with Gasteiger partial charge in [-0.15, -0.1) is 10.5 Å². The highest BCUT2D eigenvalue weighted by Crippen LogP contribution is 2.25. The Labute approximate surface area is 103 Å². The molecule has 98 valence electrons. The fourth-order valence-electron chi connectivity index (χ4n) is 2.01. The first-order valence-electron chi connectivity index (χ1n) is 5.55. The van der Waals surface area contributed by atoms with Gasteiger partial charge in [0.05, 0.1) is 19.3 Å². The maximum Gasteiger partial charge on any atom is 0.423 e. The van der Waals surface area contributed by atoms with E-state index in [2.05, 4.69) is 10.1 Å². The number of ether oxygens (including phenoxy) is 1. The topological polar surface area (TPSA) is 128 Å². The molecular weight excluding hydrogens is 240 g/mol. The highest BCUT2D eigenvalue weighted by Gasteiger charge is 2.39. The van der Waals surface area contributed by atoms with Crippen LogP contribution in [0.1, 0.15) is 12.8 Å². The number of hydrogen-bond acceptors (Lipinski definition) is 5. The summed E-state index contributed by atoms with van der Waals surface area (Å²) < 4.78 is 5.51. The monoisotopic (exact) mass is 254 g/mol. The molecule has 0 saturated carbocycles. The van der Waals surface area contributed by atoms with Crippen LogP contribution in [0.15, 0.2) is 17.1 Å². The van der Waals surface area contributed by atoms with Crippen LogP contribution in [0.3, 0.4) is 0 Å². The van der Waals surface area contributed by atoms with Gasteiger partial charge in [-0.1, -0.05) is 0 Å². The van der Waals surface area contributed by atoms with Crippen molar-refractivity contribution in [1.82, 2.24) is 9.91 Å². The van der Waals surface area contributed by atoms with Gasteiger partial charge in [0, 0.05) is 6.08 Å². The lowest BCUT2D eigenvalue weighted by Crippen LogP contribution is -2.50. The second kappa shape index (κ2) is 5.13. The summed E-state index contributed by atoms with van der Waals surface area (Å²) in [5, 5.41) is 13.0. The van der Waals surface area contributed by atoms with Crippen LogP contribution in [0.25, 0.3) is 10.4 Å². The molecule has 0 aromatic heterocycles. The van der Waals surface area contributed by atoms with Gasteiger partial charge >= 0.3 is 6.03 Å². The number of aliphatic hydroxyl groups excluding tert-OH is 1. The van der Waals surface area contributed by atoms with Crippen LogP contribution in [-0.4, -0.2) is 46.5 Å². The summed E-state index contributed by atoms with van der Waals surface area (Å²) in [5.41, 5.74) is 13.9. The van der Waals surface area contributed by atoms with Gasteiger partial charge in [0.2, 0.25) is 5.82 Å². The summed E-state index contributed by atoms with van der Waals surface area (Å²) in [4.78, 5) is 16.0. The van der Waals surface area contributed by atoms with E-state index in [0.717, 1.165) is 5.01 Å². The van der Waals surface area contributed by atoms with E-state index in [-0.39, 0.29) is 18.5 Å². The average molecular weight is 254 g/mol. The molecule has 0 aliphatic carbocycles. The average Bonchev–Trinajstić information content (AvgIpc) is 2.83. The van der Waals surface area contributed by atoms with Gasteiger partial charge in [0.25, 0.3) is 0 Å². The van der Waals surface area contributed by atoms with Crippen LogP contribution >= 0.6 is 0 Å². The third-order valence-electron chi connectivity index (χ3n) is 2.93. The largest absolute Gasteiger partial charge is 0.423 e. The van der Waals surface area contributed by atoms with Gasteiger partial charge in [-0.3, -0.25) is 4.90 Å². The zero-order chi connectivity index (χ0) is 13.1. The number of hydrogen-bond donors (Lipinski definition) is 2. The molecule has 2 heterocycles. The highest BCUT2D eigenvalue weighted by molar-refractivity contribution is 5.77. The zero-order valence-electron chi connectivity index (χ0n) is 9.64. The Kier molecular flexibility index (Phi) is 3.56. The summed E-state index contributed by atoms with van der Waals surface area (Å²) in [6.07, 6.45) is 2.22. The summed E-state index contributed by atoms with van der Waals surface area (Å²) in [5.74, 6) is 0.103. The number of carbonyl (C=O) groups is 1. The minimum Gasteiger partial charge on any atom is -0.394 e. The van der Waals surface area contributed by atoms with Crippen molar-refractivity contribution in [2.75, 3.05) is 13.2 Å². The summed E-state index contributed by atoms with van der Waals surface area (Å²) in [6, 6.07) is -0.517. The van der Waals surface area contributed by atoms with Crippen molar-refractivity contribution in [3.63, 3.8) is 0 Å². The van der Waals surface area contributed by atoms with Crippen molar-refractivity contribution in [3.05, 3.63) is 22.3 Å². The van der Waals surface area contributed by atoms with Crippen molar-refractivity contribution in [2.24, 2.45) is 11.0 Å². The Bertz CT molecular complexity index is 419. The molecule has 1 saturated heterocycles. The van der Waals surface area contributed by atoms with Gasteiger partial charge in [-0.2, -0.15) is 4.91 Å². The molecule has 0 radical (unpaired) electrons. The lowest BCUT2D eigenvalue weighted by Gasteiger charge is -2.31. The van der Waals surface area contributed by atoms with Gasteiger partial charge in [-0.05, 0) is 18.1 Å². The molecule has 3 N–H and O–H groups in total. The molecule has 0 bridgehead atoms. The third kappa shape index (κ3) is 2.19. The molecule has 9 nitrogen and oxygen atoms in total. The van der Waals surface area contributed by atoms with Crippen LogP contribution < -0.4 is 5.73 Å². The molecule has 0 spiro atoms. The fourth-order valence-corrected chi connectivity index (χ4v) is 2.01. The maximum absolute atomic E-state index is 12.0. The van der Waals surface area contributed by atoms with Gasteiger partial charge in [-0.25, -0.2) is 4.79 Å². The van der Waals surface area contributed by atoms with E-state index < -0.39 is 12.3 Å². The SMILES string of the molecule is [N-]=[N+]=NN1C(=O)N([C@H]2CC[C@@H](CO)O2)CC=C1N. The number of amides is 2. The van der Waals surface area contributed by atoms with Gasteiger partial charge in [0.1, 0.15) is 6.23 Å². The predicted molar refractivity (Wildman–Crippen MR) is 60.3 cm³/mol. The van der Waals surface area contributed by atoms with E-state index in [0.29, 0.717) is 19.4 Å². The Balaban J connectivity index is 2.11. The number of nitrogens with zero attached hydrogens (tertiary/aromatic N) is 5. The summed E-state index contributed by atoms with van der Waals surface area (Å²) in [6.45, 7) is 0.224. The van der Waals surface area contributed by atoms with E-state index in [1.165, 1.54) is 4.90 Å². The molecule has 2 aliphatic heterocycles. The highest BCUT2D eigenvalue weighted by atomic mass is 16.5. The number of azide groups is 1. The molecule has 9 heteroatoms. The molecule has 2 rings (SSSR count). The number of urea groups is 1. The first kappa shape index (κ1) is 12.5. The smallest absolute Gasteiger partial charge is 0.394 e. The van der Waals surface area contributed by atoms with Crippen LogP contribution in [0, 0.1) is 0 Å². The zero-order valence-corrected chi connectivity index (χ0v) is 9.64. The number of nitrogens with two attached hydrogens (primary N) is 1. The normalized spacial score (nSPS) is 28.1. The van der Waals surface area contributed by atoms with Gasteiger partial charge in [0.15, 0.2) is 0 Å². The molecule has 1 fully saturated rings. The van der Waals surface area contributed by atoms with Crippen LogP contribution in [0.2, 0.25) is 0 Å². The Morgan fingerprint density at radius 2 is 2.44 bits per heavy atom. The summed E-state index contributed by atoms with van der Waals surface area (Å²) in [7, 11) is 0. The third-order valence-corrected chi connectivity index (χ3v) is 2.93. The standard InChI is InChI=1S/C9H14N6O3/c10-7-3-4-14(9(17)15(7)13-12-11)8-2-1-6(5-16)18-8/h3,6,8,16H,1-2,4-5,10H2/t6-,8+/m0/s1. The van der Waals surface area contributed by atoms with E-state index in [9.17, 15) is 4.79 Å². The predicted octanol–water partition coefficient (Wildman–Crippen LogP) is 0.247. The molecule has 0 aromatic carbocycles. The van der Waals surface area contributed by atoms with Gasteiger partial charge < -0.3 is 15.6 Å². The number of carbonyl (C=O) groups excluding carboxylic acids is 1. The lowest BCUT2D eigenvalue weighted by atomic mass is 10.2. The van der Waals surface area contributed by atoms with E-state index in [1.54, 1.807) is 6.08 Å². The maximum atomic E-state index is 12.0. The molecular formula is C9H14N6O3. The Morgan fingerprint density at radius 1 is 1.67 bits per heavy atom. The van der Waals surface area contributed by atoms with Crippen molar-refractivity contribution in [1.29, 1.82) is 0 Å². The first-order chi connectivity index (χ1) is 8.67.